The van der Waals surface area contributed by atoms with Gasteiger partial charge < -0.3 is 13.9 Å². The number of aromatic nitrogens is 4. The van der Waals surface area contributed by atoms with E-state index in [1.807, 2.05) is 30.5 Å². The molecule has 5 nitrogen and oxygen atoms in total. The maximum atomic E-state index is 6.44. The number of nitrogens with zero attached hydrogens (tertiary/aromatic N) is 4. The van der Waals surface area contributed by atoms with Gasteiger partial charge in [0.1, 0.15) is 5.82 Å². The number of pyridine rings is 1. The average Bonchev–Trinajstić information content (AvgIpc) is 3.52. The quantitative estimate of drug-likeness (QED) is 0.129. The van der Waals surface area contributed by atoms with Crippen LogP contribution in [0.1, 0.15) is 54.4 Å². The summed E-state index contributed by atoms with van der Waals surface area (Å²) in [5.74, 6) is 2.08. The van der Waals surface area contributed by atoms with E-state index in [0.29, 0.717) is 11.5 Å². The molecule has 0 aliphatic heterocycles. The van der Waals surface area contributed by atoms with Gasteiger partial charge in [-0.3, -0.25) is 4.57 Å². The first-order valence-electron chi connectivity index (χ1n) is 15.7. The minimum atomic E-state index is 0. The molecular formula is C41H38N4OPt-2. The average molecular weight is 798 g/mol. The molecule has 0 atom stereocenters. The van der Waals surface area contributed by atoms with Crippen molar-refractivity contribution >= 4 is 21.8 Å². The van der Waals surface area contributed by atoms with Crippen molar-refractivity contribution in [2.24, 2.45) is 0 Å². The predicted molar refractivity (Wildman–Crippen MR) is 185 cm³/mol. The van der Waals surface area contributed by atoms with Gasteiger partial charge in [-0.2, -0.15) is 18.2 Å². The Balaban J connectivity index is 0.00000386. The number of para-hydroxylation sites is 1. The first-order valence-corrected chi connectivity index (χ1v) is 15.7. The van der Waals surface area contributed by atoms with Crippen molar-refractivity contribution in [3.8, 4) is 28.7 Å². The third-order valence-electron chi connectivity index (χ3n) is 9.06. The van der Waals surface area contributed by atoms with Crippen LogP contribution < -0.4 is 9.30 Å². The van der Waals surface area contributed by atoms with Crippen LogP contribution in [-0.2, 0) is 26.5 Å². The molecule has 0 radical (unpaired) electrons. The maximum absolute atomic E-state index is 6.44. The van der Waals surface area contributed by atoms with Crippen LogP contribution in [0.15, 0.2) is 85.1 Å². The second-order valence-electron chi connectivity index (χ2n) is 13.3. The van der Waals surface area contributed by atoms with Gasteiger partial charge in [-0.25, -0.2) is 4.98 Å². The zero-order chi connectivity index (χ0) is 32.3. The van der Waals surface area contributed by atoms with Gasteiger partial charge in [0, 0.05) is 50.0 Å². The van der Waals surface area contributed by atoms with Crippen molar-refractivity contribution in [1.82, 2.24) is 14.1 Å². The summed E-state index contributed by atoms with van der Waals surface area (Å²) < 4.78 is 12.8. The number of benzene rings is 4. The first kappa shape index (κ1) is 32.5. The van der Waals surface area contributed by atoms with Crippen LogP contribution in [0.5, 0.6) is 11.5 Å². The summed E-state index contributed by atoms with van der Waals surface area (Å²) in [4.78, 5) is 4.80. The summed E-state index contributed by atoms with van der Waals surface area (Å²) in [6.07, 6.45) is 5.46. The monoisotopic (exact) mass is 797 g/mol. The molecule has 3 heterocycles. The molecule has 0 amide bonds. The van der Waals surface area contributed by atoms with Crippen molar-refractivity contribution < 1.29 is 30.4 Å². The Morgan fingerprint density at radius 1 is 0.745 bits per heavy atom. The van der Waals surface area contributed by atoms with E-state index in [2.05, 4.69) is 142 Å². The van der Waals surface area contributed by atoms with Gasteiger partial charge in [-0.05, 0) is 92.1 Å². The topological polar surface area (TPSA) is 35.9 Å². The summed E-state index contributed by atoms with van der Waals surface area (Å²) in [5, 5.41) is 2.25. The Labute approximate surface area is 291 Å². The summed E-state index contributed by atoms with van der Waals surface area (Å²) >= 11 is 0. The Hall–Kier alpha value is -4.47. The van der Waals surface area contributed by atoms with E-state index in [1.54, 1.807) is 0 Å². The van der Waals surface area contributed by atoms with Crippen LogP contribution in [0.3, 0.4) is 0 Å². The number of hydrogen-bond acceptors (Lipinski definition) is 2. The Kier molecular flexibility index (Phi) is 8.48. The minimum absolute atomic E-state index is 0. The van der Waals surface area contributed by atoms with E-state index in [0.717, 1.165) is 50.4 Å². The van der Waals surface area contributed by atoms with Crippen LogP contribution >= 0.6 is 0 Å². The van der Waals surface area contributed by atoms with Crippen LogP contribution in [0.2, 0.25) is 0 Å². The third kappa shape index (κ3) is 5.83. The fourth-order valence-electron chi connectivity index (χ4n) is 6.15. The minimum Gasteiger partial charge on any atom is -0.510 e. The fraction of sp³-hybridized carbons (Fsp3) is 0.220. The number of aryl methyl sites for hydroxylation is 3. The van der Waals surface area contributed by atoms with E-state index in [-0.39, 0.29) is 26.5 Å². The van der Waals surface area contributed by atoms with E-state index in [9.17, 15) is 0 Å². The van der Waals surface area contributed by atoms with Crippen molar-refractivity contribution in [3.63, 3.8) is 0 Å². The Morgan fingerprint density at radius 2 is 1.49 bits per heavy atom. The van der Waals surface area contributed by atoms with Gasteiger partial charge in [0.15, 0.2) is 0 Å². The number of hydrogen-bond donors (Lipinski definition) is 0. The molecular weight excluding hydrogens is 760 g/mol. The fourth-order valence-corrected chi connectivity index (χ4v) is 6.15. The molecule has 7 rings (SSSR count). The second kappa shape index (κ2) is 12.3. The molecule has 47 heavy (non-hydrogen) atoms. The van der Waals surface area contributed by atoms with Crippen molar-refractivity contribution in [2.75, 3.05) is 0 Å². The Morgan fingerprint density at radius 3 is 2.28 bits per heavy atom. The van der Waals surface area contributed by atoms with Crippen LogP contribution in [-0.4, -0.2) is 14.1 Å². The molecule has 0 bridgehead atoms. The van der Waals surface area contributed by atoms with Gasteiger partial charge >= 0.3 is 0 Å². The molecule has 0 unspecified atom stereocenters. The molecule has 0 fully saturated rings. The van der Waals surface area contributed by atoms with Gasteiger partial charge in [0.2, 0.25) is 0 Å². The molecule has 0 aliphatic rings. The van der Waals surface area contributed by atoms with Crippen LogP contribution in [0.25, 0.3) is 39.0 Å². The number of rotatable bonds is 5. The molecule has 3 aromatic heterocycles. The number of fused-ring (bicyclic) bond motifs is 3. The normalized spacial score (nSPS) is 11.7. The predicted octanol–water partition coefficient (Wildman–Crippen LogP) is 9.28. The third-order valence-corrected chi connectivity index (χ3v) is 9.06. The van der Waals surface area contributed by atoms with E-state index in [4.69, 9.17) is 9.72 Å². The molecule has 0 N–H and O–H groups in total. The van der Waals surface area contributed by atoms with Gasteiger partial charge in [-0.15, -0.1) is 29.7 Å². The van der Waals surface area contributed by atoms with E-state index < -0.39 is 0 Å². The maximum Gasteiger partial charge on any atom is 0.267 e. The molecule has 0 spiro atoms. The van der Waals surface area contributed by atoms with Crippen molar-refractivity contribution in [1.29, 1.82) is 0 Å². The molecule has 0 aliphatic carbocycles. The first-order chi connectivity index (χ1) is 22.0. The van der Waals surface area contributed by atoms with Crippen molar-refractivity contribution in [3.05, 3.63) is 137 Å². The summed E-state index contributed by atoms with van der Waals surface area (Å²) in [6, 6.07) is 34.3. The molecule has 0 saturated heterocycles. The van der Waals surface area contributed by atoms with Gasteiger partial charge in [0.25, 0.3) is 6.33 Å². The molecule has 6 heteroatoms. The summed E-state index contributed by atoms with van der Waals surface area (Å²) in [7, 11) is 0. The van der Waals surface area contributed by atoms with E-state index in [1.165, 1.54) is 22.3 Å². The molecule has 0 saturated carbocycles. The SMILES string of the molecule is Cc1cc(C)c(-[n+]2[c-]n(-c3[c-]c(Oc4[c-]c5c(cc4)c4ccccc4n5-c4cc(C(C)(C)C)ccn4)ccc3)c(C)c2C)cc1C.[Pt]. The smallest absolute Gasteiger partial charge is 0.267 e. The van der Waals surface area contributed by atoms with Crippen LogP contribution in [0, 0.1) is 53.1 Å². The zero-order valence-electron chi connectivity index (χ0n) is 28.1. The summed E-state index contributed by atoms with van der Waals surface area (Å²) in [5.41, 5.74) is 11.2. The zero-order valence-corrected chi connectivity index (χ0v) is 30.4. The molecule has 4 aromatic carbocycles. The second-order valence-corrected chi connectivity index (χ2v) is 13.3. The largest absolute Gasteiger partial charge is 0.510 e. The number of imidazole rings is 1. The summed E-state index contributed by atoms with van der Waals surface area (Å²) in [6.45, 7) is 17.4. The van der Waals surface area contributed by atoms with Gasteiger partial charge in [-0.1, -0.05) is 56.1 Å². The Bertz CT molecular complexity index is 2290. The van der Waals surface area contributed by atoms with Crippen molar-refractivity contribution in [2.45, 2.75) is 60.8 Å². The van der Waals surface area contributed by atoms with Crippen LogP contribution in [0.4, 0.5) is 0 Å². The number of ether oxygens (including phenoxy) is 1. The standard InChI is InChI=1S/C41H38N4O.Pt/c1-26-20-28(3)38(21-27(26)2)44-25-43(29(4)30(44)5)32-12-11-13-33(23-32)46-34-16-17-36-35-14-9-10-15-37(35)45(39(36)24-34)40-22-31(18-19-42-40)41(6,7)8;/h9-22H,1-8H3;/q-2;. The molecule has 240 valence electrons. The van der Waals surface area contributed by atoms with E-state index >= 15 is 0 Å². The molecule has 7 aromatic rings. The van der Waals surface area contributed by atoms with Gasteiger partial charge in [0.05, 0.1) is 11.4 Å².